The molecule has 1 heterocycles. The van der Waals surface area contributed by atoms with Crippen LogP contribution in [-0.4, -0.2) is 15.2 Å². The molecule has 104 valence electrons. The van der Waals surface area contributed by atoms with Crippen LogP contribution in [0.4, 0.5) is 11.5 Å². The van der Waals surface area contributed by atoms with E-state index in [-0.39, 0.29) is 0 Å². The van der Waals surface area contributed by atoms with Gasteiger partial charge in [0.2, 0.25) is 0 Å². The molecule has 0 amide bonds. The number of nitrogens with two attached hydrogens (primary N) is 1. The largest absolute Gasteiger partial charge is 0.389 e. The van der Waals surface area contributed by atoms with Crippen LogP contribution >= 0.6 is 23.8 Å². The van der Waals surface area contributed by atoms with Crippen molar-refractivity contribution < 1.29 is 0 Å². The van der Waals surface area contributed by atoms with Crippen LogP contribution in [0.1, 0.15) is 22.4 Å². The fourth-order valence-electron chi connectivity index (χ4n) is 1.87. The predicted molar refractivity (Wildman–Crippen MR) is 86.9 cm³/mol. The van der Waals surface area contributed by atoms with Gasteiger partial charge in [0, 0.05) is 10.7 Å². The minimum atomic E-state index is 0.294. The van der Waals surface area contributed by atoms with Crippen molar-refractivity contribution in [2.75, 3.05) is 5.32 Å². The number of aromatic nitrogens is 2. The van der Waals surface area contributed by atoms with Gasteiger partial charge in [-0.15, -0.1) is 5.10 Å². The first-order valence-electron chi connectivity index (χ1n) is 6.07. The van der Waals surface area contributed by atoms with E-state index in [0.29, 0.717) is 21.4 Å². The highest BCUT2D eigenvalue weighted by atomic mass is 35.5. The lowest BCUT2D eigenvalue weighted by atomic mass is 10.1. The van der Waals surface area contributed by atoms with Gasteiger partial charge in [0.15, 0.2) is 5.82 Å². The summed E-state index contributed by atoms with van der Waals surface area (Å²) >= 11 is 11.2. The number of hydrogen-bond acceptors (Lipinski definition) is 4. The number of hydrogen-bond donors (Lipinski definition) is 2. The lowest BCUT2D eigenvalue weighted by molar-refractivity contribution is 0.963. The fourth-order valence-corrected chi connectivity index (χ4v) is 2.29. The lowest BCUT2D eigenvalue weighted by Gasteiger charge is -2.15. The van der Waals surface area contributed by atoms with Crippen molar-refractivity contribution in [2.45, 2.75) is 20.8 Å². The summed E-state index contributed by atoms with van der Waals surface area (Å²) in [6.45, 7) is 5.73. The van der Waals surface area contributed by atoms with Gasteiger partial charge in [-0.3, -0.25) is 0 Å². The van der Waals surface area contributed by atoms with Crippen LogP contribution in [-0.2, 0) is 0 Å². The molecule has 0 aliphatic rings. The summed E-state index contributed by atoms with van der Waals surface area (Å²) in [6.07, 6.45) is 0. The molecule has 0 unspecified atom stereocenters. The summed E-state index contributed by atoms with van der Waals surface area (Å²) in [5.74, 6) is 0.547. The van der Waals surface area contributed by atoms with Crippen LogP contribution in [0.3, 0.4) is 0 Å². The lowest BCUT2D eigenvalue weighted by Crippen LogP contribution is -2.17. The van der Waals surface area contributed by atoms with Crippen LogP contribution in [0, 0.1) is 20.8 Å². The molecule has 0 aliphatic carbocycles. The zero-order valence-corrected chi connectivity index (χ0v) is 13.1. The van der Waals surface area contributed by atoms with E-state index in [1.165, 1.54) is 0 Å². The zero-order valence-electron chi connectivity index (χ0n) is 11.5. The van der Waals surface area contributed by atoms with Crippen molar-refractivity contribution in [3.8, 4) is 0 Å². The second kappa shape index (κ2) is 5.73. The standard InChI is InChI=1S/C14H15ClN4S/c1-7-9(3)18-19-14(12(7)13(16)20)17-11-6-4-5-10(15)8(11)2/h4-6H,1-3H3,(H2,16,20)(H,17,19). The van der Waals surface area contributed by atoms with Crippen LogP contribution in [0.2, 0.25) is 5.02 Å². The van der Waals surface area contributed by atoms with Gasteiger partial charge in [0.1, 0.15) is 4.99 Å². The van der Waals surface area contributed by atoms with Gasteiger partial charge in [-0.1, -0.05) is 29.9 Å². The SMILES string of the molecule is Cc1nnc(Nc2cccc(Cl)c2C)c(C(N)=S)c1C. The second-order valence-electron chi connectivity index (χ2n) is 4.54. The van der Waals surface area contributed by atoms with Crippen LogP contribution < -0.4 is 11.1 Å². The molecule has 0 saturated carbocycles. The average Bonchev–Trinajstić information content (AvgIpc) is 2.39. The van der Waals surface area contributed by atoms with Gasteiger partial charge in [0.05, 0.1) is 11.3 Å². The molecule has 0 atom stereocenters. The number of benzene rings is 1. The minimum absolute atomic E-state index is 0.294. The molecule has 0 aliphatic heterocycles. The number of halogens is 1. The van der Waals surface area contributed by atoms with Gasteiger partial charge in [-0.05, 0) is 44.0 Å². The molecular weight excluding hydrogens is 292 g/mol. The quantitative estimate of drug-likeness (QED) is 0.851. The molecule has 4 nitrogen and oxygen atoms in total. The van der Waals surface area contributed by atoms with E-state index in [9.17, 15) is 0 Å². The third-order valence-electron chi connectivity index (χ3n) is 3.22. The Balaban J connectivity index is 2.52. The third kappa shape index (κ3) is 2.73. The molecule has 2 rings (SSSR count). The first-order chi connectivity index (χ1) is 9.41. The Morgan fingerprint density at radius 2 is 1.90 bits per heavy atom. The van der Waals surface area contributed by atoms with Crippen molar-refractivity contribution in [1.29, 1.82) is 0 Å². The van der Waals surface area contributed by atoms with Gasteiger partial charge < -0.3 is 11.1 Å². The van der Waals surface area contributed by atoms with Crippen molar-refractivity contribution in [1.82, 2.24) is 10.2 Å². The number of anilines is 2. The van der Waals surface area contributed by atoms with Gasteiger partial charge in [0.25, 0.3) is 0 Å². The predicted octanol–water partition coefficient (Wildman–Crippen LogP) is 3.43. The molecule has 0 radical (unpaired) electrons. The van der Waals surface area contributed by atoms with Crippen molar-refractivity contribution in [3.05, 3.63) is 45.6 Å². The molecule has 0 spiro atoms. The average molecular weight is 307 g/mol. The van der Waals surface area contributed by atoms with Gasteiger partial charge in [-0.25, -0.2) is 0 Å². The summed E-state index contributed by atoms with van der Waals surface area (Å²) < 4.78 is 0. The molecule has 1 aromatic heterocycles. The summed E-state index contributed by atoms with van der Waals surface area (Å²) in [6, 6.07) is 5.62. The molecule has 2 aromatic rings. The van der Waals surface area contributed by atoms with Crippen LogP contribution in [0.15, 0.2) is 18.2 Å². The molecule has 1 aromatic carbocycles. The van der Waals surface area contributed by atoms with E-state index < -0.39 is 0 Å². The van der Waals surface area contributed by atoms with Gasteiger partial charge >= 0.3 is 0 Å². The Morgan fingerprint density at radius 3 is 2.55 bits per heavy atom. The molecule has 6 heteroatoms. The Kier molecular flexibility index (Phi) is 4.20. The zero-order chi connectivity index (χ0) is 14.9. The highest BCUT2D eigenvalue weighted by Gasteiger charge is 2.14. The minimum Gasteiger partial charge on any atom is -0.389 e. The Hall–Kier alpha value is -1.72. The molecule has 0 saturated heterocycles. The monoisotopic (exact) mass is 306 g/mol. The smallest absolute Gasteiger partial charge is 0.163 e. The maximum atomic E-state index is 6.11. The summed E-state index contributed by atoms with van der Waals surface area (Å²) in [5, 5.41) is 12.2. The van der Waals surface area contributed by atoms with E-state index >= 15 is 0 Å². The third-order valence-corrected chi connectivity index (χ3v) is 3.84. The number of nitrogens with zero attached hydrogens (tertiary/aromatic N) is 2. The number of nitrogens with one attached hydrogen (secondary N) is 1. The van der Waals surface area contributed by atoms with E-state index in [4.69, 9.17) is 29.6 Å². The normalized spacial score (nSPS) is 10.4. The summed E-state index contributed by atoms with van der Waals surface area (Å²) in [4.78, 5) is 0.294. The van der Waals surface area contributed by atoms with Crippen LogP contribution in [0.5, 0.6) is 0 Å². The number of aryl methyl sites for hydroxylation is 1. The fraction of sp³-hybridized carbons (Fsp3) is 0.214. The molecule has 20 heavy (non-hydrogen) atoms. The van der Waals surface area contributed by atoms with Crippen molar-refractivity contribution in [2.24, 2.45) is 5.73 Å². The van der Waals surface area contributed by atoms with E-state index in [2.05, 4.69) is 15.5 Å². The summed E-state index contributed by atoms with van der Waals surface area (Å²) in [7, 11) is 0. The molecular formula is C14H15ClN4S. The first-order valence-corrected chi connectivity index (χ1v) is 6.86. The molecule has 3 N–H and O–H groups in total. The maximum absolute atomic E-state index is 6.11. The topological polar surface area (TPSA) is 63.8 Å². The highest BCUT2D eigenvalue weighted by molar-refractivity contribution is 7.80. The Morgan fingerprint density at radius 1 is 1.20 bits per heavy atom. The van der Waals surface area contributed by atoms with Crippen molar-refractivity contribution >= 4 is 40.3 Å². The van der Waals surface area contributed by atoms with Gasteiger partial charge in [-0.2, -0.15) is 5.10 Å². The number of thiocarbonyl (C=S) groups is 1. The highest BCUT2D eigenvalue weighted by Crippen LogP contribution is 2.27. The van der Waals surface area contributed by atoms with E-state index in [1.807, 2.05) is 39.0 Å². The van der Waals surface area contributed by atoms with Crippen molar-refractivity contribution in [3.63, 3.8) is 0 Å². The molecule has 0 fully saturated rings. The summed E-state index contributed by atoms with van der Waals surface area (Å²) in [5.41, 5.74) is 10.0. The van der Waals surface area contributed by atoms with Crippen LogP contribution in [0.25, 0.3) is 0 Å². The Bertz CT molecular complexity index is 685. The maximum Gasteiger partial charge on any atom is 0.163 e. The second-order valence-corrected chi connectivity index (χ2v) is 5.38. The number of rotatable bonds is 3. The molecule has 0 bridgehead atoms. The first kappa shape index (κ1) is 14.7. The van der Waals surface area contributed by atoms with E-state index in [1.54, 1.807) is 0 Å². The van der Waals surface area contributed by atoms with E-state index in [0.717, 1.165) is 22.5 Å². The Labute approximate surface area is 128 Å².